The number of anilines is 1. The van der Waals surface area contributed by atoms with Crippen LogP contribution in [0, 0.1) is 0 Å². The van der Waals surface area contributed by atoms with Gasteiger partial charge in [-0.15, -0.1) is 0 Å². The number of sulfonamides is 1. The fourth-order valence-electron chi connectivity index (χ4n) is 2.18. The molecule has 0 radical (unpaired) electrons. The second-order valence-electron chi connectivity index (χ2n) is 4.83. The Morgan fingerprint density at radius 3 is 2.37 bits per heavy atom. The molecule has 1 aromatic heterocycles. The molecule has 1 saturated heterocycles. The van der Waals surface area contributed by atoms with Crippen LogP contribution >= 0.6 is 0 Å². The lowest BCUT2D eigenvalue weighted by Crippen LogP contribution is -2.44. The lowest BCUT2D eigenvalue weighted by atomic mass is 10.1. The molecule has 2 rings (SSSR count). The van der Waals surface area contributed by atoms with E-state index in [9.17, 15) is 8.42 Å². The maximum absolute atomic E-state index is 12.4. The Labute approximate surface area is 113 Å². The van der Waals surface area contributed by atoms with Gasteiger partial charge < -0.3 is 10.6 Å². The molecule has 0 atom stereocenters. The summed E-state index contributed by atoms with van der Waals surface area (Å²) in [6.07, 6.45) is 4.18. The molecule has 106 valence electrons. The van der Waals surface area contributed by atoms with Crippen LogP contribution in [0.5, 0.6) is 0 Å². The van der Waals surface area contributed by atoms with Crippen LogP contribution in [0.2, 0.25) is 0 Å². The molecule has 0 unspecified atom stereocenters. The monoisotopic (exact) mass is 285 g/mol. The van der Waals surface area contributed by atoms with Gasteiger partial charge in [0.2, 0.25) is 16.0 Å². The Morgan fingerprint density at radius 1 is 1.32 bits per heavy atom. The quantitative estimate of drug-likeness (QED) is 0.825. The molecular formula is C11H19N5O2S. The van der Waals surface area contributed by atoms with Crippen molar-refractivity contribution in [1.29, 1.82) is 0 Å². The minimum atomic E-state index is -3.54. The second kappa shape index (κ2) is 5.40. The Bertz CT molecular complexity index is 523. The van der Waals surface area contributed by atoms with Gasteiger partial charge in [0.15, 0.2) is 0 Å². The molecule has 0 amide bonds. The summed E-state index contributed by atoms with van der Waals surface area (Å²) in [7, 11) is 0.114. The van der Waals surface area contributed by atoms with Gasteiger partial charge in [-0.25, -0.2) is 18.4 Å². The van der Waals surface area contributed by atoms with E-state index in [0.717, 1.165) is 25.9 Å². The molecule has 2 N–H and O–H groups in total. The number of aromatic nitrogens is 2. The molecule has 0 saturated carbocycles. The molecular weight excluding hydrogens is 266 g/mol. The molecule has 0 bridgehead atoms. The minimum Gasteiger partial charge on any atom is -0.368 e. The highest BCUT2D eigenvalue weighted by atomic mass is 32.2. The number of hydrogen-bond donors (Lipinski definition) is 1. The maximum atomic E-state index is 12.4. The summed E-state index contributed by atoms with van der Waals surface area (Å²) in [5.74, 6) is 0.0703. The van der Waals surface area contributed by atoms with E-state index < -0.39 is 10.0 Å². The number of nitrogens with zero attached hydrogens (tertiary/aromatic N) is 4. The van der Waals surface area contributed by atoms with Gasteiger partial charge in [-0.3, -0.25) is 0 Å². The first-order chi connectivity index (χ1) is 8.91. The predicted octanol–water partition coefficient (Wildman–Crippen LogP) is -0.226. The summed E-state index contributed by atoms with van der Waals surface area (Å²) in [6, 6.07) is 0.0266. The van der Waals surface area contributed by atoms with E-state index in [1.807, 2.05) is 7.05 Å². The average molecular weight is 285 g/mol. The first kappa shape index (κ1) is 14.2. The summed E-state index contributed by atoms with van der Waals surface area (Å²) in [5, 5.41) is 0. The van der Waals surface area contributed by atoms with Crippen molar-refractivity contribution in [1.82, 2.24) is 19.2 Å². The molecule has 1 aromatic rings. The molecule has 8 heteroatoms. The number of nitrogen functional groups attached to an aromatic ring is 1. The van der Waals surface area contributed by atoms with Gasteiger partial charge in [0.05, 0.1) is 12.4 Å². The van der Waals surface area contributed by atoms with E-state index >= 15 is 0 Å². The number of nitrogens with two attached hydrogens (primary N) is 1. The Morgan fingerprint density at radius 2 is 1.84 bits per heavy atom. The third-order valence-corrected chi connectivity index (χ3v) is 5.39. The van der Waals surface area contributed by atoms with Crippen molar-refractivity contribution < 1.29 is 8.42 Å². The number of likely N-dealkylation sites (tertiary alicyclic amines) is 1. The maximum Gasteiger partial charge on any atom is 0.246 e. The lowest BCUT2D eigenvalue weighted by Gasteiger charge is -2.34. The number of hydrogen-bond acceptors (Lipinski definition) is 6. The normalized spacial score (nSPS) is 18.9. The summed E-state index contributed by atoms with van der Waals surface area (Å²) in [5.41, 5.74) is 5.37. The molecule has 1 aliphatic heterocycles. The molecule has 7 nitrogen and oxygen atoms in total. The van der Waals surface area contributed by atoms with Crippen LogP contribution in [0.15, 0.2) is 17.3 Å². The van der Waals surface area contributed by atoms with Crippen molar-refractivity contribution in [2.45, 2.75) is 23.8 Å². The van der Waals surface area contributed by atoms with Crippen LogP contribution in [-0.2, 0) is 10.0 Å². The first-order valence-electron chi connectivity index (χ1n) is 6.15. The highest BCUT2D eigenvalue weighted by Gasteiger charge is 2.30. The zero-order valence-electron chi connectivity index (χ0n) is 11.2. The molecule has 0 aliphatic carbocycles. The van der Waals surface area contributed by atoms with Gasteiger partial charge >= 0.3 is 0 Å². The Kier molecular flexibility index (Phi) is 4.02. The SMILES string of the molecule is CN1CCC(N(C)S(=O)(=O)c2cnc(N)nc2)CC1. The largest absolute Gasteiger partial charge is 0.368 e. The smallest absolute Gasteiger partial charge is 0.246 e. The van der Waals surface area contributed by atoms with Crippen molar-refractivity contribution in [3.05, 3.63) is 12.4 Å². The van der Waals surface area contributed by atoms with Gasteiger partial charge in [-0.1, -0.05) is 0 Å². The van der Waals surface area contributed by atoms with Crippen LogP contribution in [0.25, 0.3) is 0 Å². The molecule has 0 spiro atoms. The zero-order valence-corrected chi connectivity index (χ0v) is 12.0. The highest BCUT2D eigenvalue weighted by molar-refractivity contribution is 7.89. The van der Waals surface area contributed by atoms with Crippen LogP contribution in [0.4, 0.5) is 5.95 Å². The van der Waals surface area contributed by atoms with Crippen molar-refractivity contribution in [3.8, 4) is 0 Å². The molecule has 19 heavy (non-hydrogen) atoms. The molecule has 2 heterocycles. The van der Waals surface area contributed by atoms with Crippen LogP contribution in [0.3, 0.4) is 0 Å². The van der Waals surface area contributed by atoms with Gasteiger partial charge in [0, 0.05) is 13.1 Å². The Balaban J connectivity index is 2.17. The van der Waals surface area contributed by atoms with Crippen LogP contribution in [-0.4, -0.2) is 60.8 Å². The molecule has 1 aliphatic rings. The van der Waals surface area contributed by atoms with E-state index in [4.69, 9.17) is 5.73 Å². The standard InChI is InChI=1S/C11H19N5O2S/c1-15-5-3-9(4-6-15)16(2)19(17,18)10-7-13-11(12)14-8-10/h7-9H,3-6H2,1-2H3,(H2,12,13,14). The summed E-state index contributed by atoms with van der Waals surface area (Å²) >= 11 is 0. The Hall–Kier alpha value is -1.25. The van der Waals surface area contributed by atoms with E-state index in [2.05, 4.69) is 14.9 Å². The molecule has 1 fully saturated rings. The van der Waals surface area contributed by atoms with E-state index in [1.54, 1.807) is 7.05 Å². The third-order valence-electron chi connectivity index (χ3n) is 3.53. The van der Waals surface area contributed by atoms with Gasteiger partial charge in [-0.2, -0.15) is 4.31 Å². The topological polar surface area (TPSA) is 92.4 Å². The van der Waals surface area contributed by atoms with Gasteiger partial charge in [0.1, 0.15) is 4.90 Å². The second-order valence-corrected chi connectivity index (χ2v) is 6.83. The zero-order chi connectivity index (χ0) is 14.0. The summed E-state index contributed by atoms with van der Waals surface area (Å²) < 4.78 is 26.3. The van der Waals surface area contributed by atoms with E-state index in [0.29, 0.717) is 0 Å². The number of piperidine rings is 1. The van der Waals surface area contributed by atoms with Crippen molar-refractivity contribution in [2.75, 3.05) is 32.9 Å². The van der Waals surface area contributed by atoms with Gasteiger partial charge in [-0.05, 0) is 33.0 Å². The van der Waals surface area contributed by atoms with Gasteiger partial charge in [0.25, 0.3) is 0 Å². The first-order valence-corrected chi connectivity index (χ1v) is 7.59. The summed E-state index contributed by atoms with van der Waals surface area (Å²) in [4.78, 5) is 9.76. The van der Waals surface area contributed by atoms with Crippen molar-refractivity contribution >= 4 is 16.0 Å². The molecule has 0 aromatic carbocycles. The fraction of sp³-hybridized carbons (Fsp3) is 0.636. The van der Waals surface area contributed by atoms with Crippen LogP contribution < -0.4 is 5.73 Å². The van der Waals surface area contributed by atoms with Crippen LogP contribution in [0.1, 0.15) is 12.8 Å². The lowest BCUT2D eigenvalue weighted by molar-refractivity contribution is 0.197. The van der Waals surface area contributed by atoms with Crippen molar-refractivity contribution in [3.63, 3.8) is 0 Å². The minimum absolute atomic E-state index is 0.0266. The predicted molar refractivity (Wildman–Crippen MR) is 71.9 cm³/mol. The van der Waals surface area contributed by atoms with E-state index in [-0.39, 0.29) is 16.9 Å². The van der Waals surface area contributed by atoms with E-state index in [1.165, 1.54) is 16.7 Å². The third kappa shape index (κ3) is 3.02. The average Bonchev–Trinajstić information content (AvgIpc) is 2.39. The number of rotatable bonds is 3. The van der Waals surface area contributed by atoms with Crippen molar-refractivity contribution in [2.24, 2.45) is 0 Å². The highest BCUT2D eigenvalue weighted by Crippen LogP contribution is 2.21. The fourth-order valence-corrected chi connectivity index (χ4v) is 3.49. The summed E-state index contributed by atoms with van der Waals surface area (Å²) in [6.45, 7) is 1.81.